The van der Waals surface area contributed by atoms with Crippen LogP contribution in [0.4, 0.5) is 0 Å². The molecule has 1 N–H and O–H groups in total. The van der Waals surface area contributed by atoms with Gasteiger partial charge in [0, 0.05) is 48.6 Å². The predicted molar refractivity (Wildman–Crippen MR) is 87.7 cm³/mol. The number of aromatic nitrogens is 1. The van der Waals surface area contributed by atoms with E-state index in [9.17, 15) is 4.79 Å². The molecule has 0 aliphatic heterocycles. The fourth-order valence-electron chi connectivity index (χ4n) is 1.33. The molecule has 1 atom stereocenters. The minimum Gasteiger partial charge on any atom is -0.476 e. The summed E-state index contributed by atoms with van der Waals surface area (Å²) in [5.41, 5.74) is 0. The van der Waals surface area contributed by atoms with E-state index < -0.39 is 0 Å². The van der Waals surface area contributed by atoms with Gasteiger partial charge in [0.25, 0.3) is 0 Å². The molecule has 0 fully saturated rings. The number of nitrogens with zero attached hydrogens (tertiary/aromatic N) is 2. The van der Waals surface area contributed by atoms with E-state index in [2.05, 4.69) is 32.9 Å². The molecule has 0 aromatic carbocycles. The molecule has 1 amide bonds. The van der Waals surface area contributed by atoms with Crippen molar-refractivity contribution >= 4 is 28.5 Å². The highest BCUT2D eigenvalue weighted by molar-refractivity contribution is 14.1. The summed E-state index contributed by atoms with van der Waals surface area (Å²) in [6, 6.07) is 3.92. The maximum atomic E-state index is 11.4. The number of carbonyl (C=O) groups is 1. The van der Waals surface area contributed by atoms with Gasteiger partial charge < -0.3 is 15.0 Å². The van der Waals surface area contributed by atoms with Gasteiger partial charge in [-0.2, -0.15) is 0 Å². The predicted octanol–water partition coefficient (Wildman–Crippen LogP) is 1.69. The van der Waals surface area contributed by atoms with E-state index in [0.717, 1.165) is 3.57 Å². The summed E-state index contributed by atoms with van der Waals surface area (Å²) in [7, 11) is 3.46. The molecule has 1 rings (SSSR count). The van der Waals surface area contributed by atoms with Crippen LogP contribution in [0.5, 0.6) is 5.88 Å². The second-order valence-corrected chi connectivity index (χ2v) is 5.74. The lowest BCUT2D eigenvalue weighted by Crippen LogP contribution is -2.29. The van der Waals surface area contributed by atoms with Crippen molar-refractivity contribution in [1.82, 2.24) is 15.2 Å². The molecule has 5 nitrogen and oxygen atoms in total. The lowest BCUT2D eigenvalue weighted by Gasteiger charge is -2.11. The summed E-state index contributed by atoms with van der Waals surface area (Å²) in [5.74, 6) is 0.608. The van der Waals surface area contributed by atoms with Gasteiger partial charge in [-0.3, -0.25) is 4.79 Å². The van der Waals surface area contributed by atoms with Crippen LogP contribution < -0.4 is 10.1 Å². The van der Waals surface area contributed by atoms with Crippen molar-refractivity contribution in [2.45, 2.75) is 13.0 Å². The van der Waals surface area contributed by atoms with Crippen LogP contribution in [-0.4, -0.2) is 49.1 Å². The van der Waals surface area contributed by atoms with Crippen molar-refractivity contribution in [2.24, 2.45) is 0 Å². The zero-order valence-corrected chi connectivity index (χ0v) is 14.1. The molecule has 20 heavy (non-hydrogen) atoms. The summed E-state index contributed by atoms with van der Waals surface area (Å²) in [6.45, 7) is 3.21. The number of likely N-dealkylation sites (N-methyl/N-ethyl adjacent to an activating group) is 1. The normalized spacial score (nSPS) is 12.4. The summed E-state index contributed by atoms with van der Waals surface area (Å²) in [4.78, 5) is 17.1. The highest BCUT2D eigenvalue weighted by atomic mass is 127. The molecule has 0 saturated heterocycles. The summed E-state index contributed by atoms with van der Waals surface area (Å²) in [6.07, 6.45) is 5.17. The molecule has 0 bridgehead atoms. The van der Waals surface area contributed by atoms with Gasteiger partial charge in [-0.15, -0.1) is 0 Å². The minimum absolute atomic E-state index is 0.0158. The molecule has 0 aliphatic rings. The van der Waals surface area contributed by atoms with Gasteiger partial charge in [0.1, 0.15) is 6.61 Å². The van der Waals surface area contributed by atoms with E-state index in [-0.39, 0.29) is 11.9 Å². The first-order valence-corrected chi connectivity index (χ1v) is 7.44. The molecule has 6 heteroatoms. The fourth-order valence-corrected chi connectivity index (χ4v) is 1.65. The average molecular weight is 389 g/mol. The molecule has 1 aromatic heterocycles. The molecule has 1 unspecified atom stereocenters. The smallest absolute Gasteiger partial charge is 0.245 e. The zero-order chi connectivity index (χ0) is 15.0. The van der Waals surface area contributed by atoms with Crippen LogP contribution in [0.25, 0.3) is 0 Å². The first kappa shape index (κ1) is 16.9. The summed E-state index contributed by atoms with van der Waals surface area (Å²) < 4.78 is 6.58. The van der Waals surface area contributed by atoms with Gasteiger partial charge in [-0.05, 0) is 35.6 Å². The Balaban J connectivity index is 2.20. The average Bonchev–Trinajstić information content (AvgIpc) is 2.42. The first-order chi connectivity index (χ1) is 9.49. The van der Waals surface area contributed by atoms with Crippen molar-refractivity contribution in [3.8, 4) is 5.88 Å². The number of amides is 1. The number of ether oxygens (including phenoxy) is 1. The Morgan fingerprint density at radius 2 is 2.30 bits per heavy atom. The quantitative estimate of drug-likeness (QED) is 0.438. The van der Waals surface area contributed by atoms with Crippen molar-refractivity contribution in [3.05, 3.63) is 34.1 Å². The Morgan fingerprint density at radius 3 is 2.90 bits per heavy atom. The molecule has 0 aliphatic carbocycles. The van der Waals surface area contributed by atoms with Crippen LogP contribution >= 0.6 is 22.6 Å². The van der Waals surface area contributed by atoms with Gasteiger partial charge in [-0.25, -0.2) is 4.98 Å². The van der Waals surface area contributed by atoms with Crippen molar-refractivity contribution in [3.63, 3.8) is 0 Å². The standard InChI is InChI=1S/C14H20IN3O2/c1-11(4-7-14(19)18(2)3)16-8-9-20-13-6-5-12(15)10-17-13/h4-7,10-11,16H,8-9H2,1-3H3/b7-4+. The van der Waals surface area contributed by atoms with E-state index in [0.29, 0.717) is 19.0 Å². The van der Waals surface area contributed by atoms with E-state index in [1.807, 2.05) is 25.1 Å². The number of hydrogen-bond donors (Lipinski definition) is 1. The number of pyridine rings is 1. The molecule has 110 valence electrons. The maximum Gasteiger partial charge on any atom is 0.245 e. The molecule has 0 radical (unpaired) electrons. The third kappa shape index (κ3) is 6.85. The van der Waals surface area contributed by atoms with E-state index in [1.54, 1.807) is 26.4 Å². The highest BCUT2D eigenvalue weighted by Gasteiger charge is 2.00. The maximum absolute atomic E-state index is 11.4. The Morgan fingerprint density at radius 1 is 1.55 bits per heavy atom. The molecule has 1 aromatic rings. The van der Waals surface area contributed by atoms with Crippen LogP contribution in [0.2, 0.25) is 0 Å². The van der Waals surface area contributed by atoms with E-state index >= 15 is 0 Å². The topological polar surface area (TPSA) is 54.5 Å². The minimum atomic E-state index is -0.0158. The SMILES string of the molecule is CC(/C=C/C(=O)N(C)C)NCCOc1ccc(I)cn1. The molecule has 1 heterocycles. The second kappa shape index (κ2) is 8.91. The van der Waals surface area contributed by atoms with Gasteiger partial charge in [-0.1, -0.05) is 6.08 Å². The van der Waals surface area contributed by atoms with Crippen LogP contribution in [0, 0.1) is 3.57 Å². The third-order valence-corrected chi connectivity index (χ3v) is 3.12. The van der Waals surface area contributed by atoms with Crippen LogP contribution in [0.3, 0.4) is 0 Å². The number of halogens is 1. The van der Waals surface area contributed by atoms with Gasteiger partial charge >= 0.3 is 0 Å². The van der Waals surface area contributed by atoms with Crippen molar-refractivity contribution in [2.75, 3.05) is 27.2 Å². The number of carbonyl (C=O) groups excluding carboxylic acids is 1. The molecular weight excluding hydrogens is 369 g/mol. The molecular formula is C14H20IN3O2. The van der Waals surface area contributed by atoms with Gasteiger partial charge in [0.05, 0.1) is 0 Å². The van der Waals surface area contributed by atoms with Crippen LogP contribution in [0.1, 0.15) is 6.92 Å². The Hall–Kier alpha value is -1.15. The lowest BCUT2D eigenvalue weighted by molar-refractivity contribution is -0.123. The summed E-state index contributed by atoms with van der Waals surface area (Å²) >= 11 is 2.20. The Labute approximate surface area is 133 Å². The van der Waals surface area contributed by atoms with E-state index in [4.69, 9.17) is 4.74 Å². The largest absolute Gasteiger partial charge is 0.476 e. The fraction of sp³-hybridized carbons (Fsp3) is 0.429. The Kier molecular flexibility index (Phi) is 7.53. The Bertz CT molecular complexity index is 446. The van der Waals surface area contributed by atoms with Gasteiger partial charge in [0.2, 0.25) is 11.8 Å². The summed E-state index contributed by atoms with van der Waals surface area (Å²) in [5, 5.41) is 3.25. The van der Waals surface area contributed by atoms with Crippen molar-refractivity contribution in [1.29, 1.82) is 0 Å². The first-order valence-electron chi connectivity index (χ1n) is 6.36. The third-order valence-electron chi connectivity index (χ3n) is 2.49. The zero-order valence-electron chi connectivity index (χ0n) is 12.0. The van der Waals surface area contributed by atoms with Crippen LogP contribution in [0.15, 0.2) is 30.5 Å². The van der Waals surface area contributed by atoms with Gasteiger partial charge in [0.15, 0.2) is 0 Å². The second-order valence-electron chi connectivity index (χ2n) is 4.50. The van der Waals surface area contributed by atoms with Crippen molar-refractivity contribution < 1.29 is 9.53 Å². The number of nitrogens with one attached hydrogen (secondary N) is 1. The highest BCUT2D eigenvalue weighted by Crippen LogP contribution is 2.08. The van der Waals surface area contributed by atoms with E-state index in [1.165, 1.54) is 4.90 Å². The number of hydrogen-bond acceptors (Lipinski definition) is 4. The number of rotatable bonds is 7. The van der Waals surface area contributed by atoms with Crippen LogP contribution in [-0.2, 0) is 4.79 Å². The molecule has 0 spiro atoms. The lowest BCUT2D eigenvalue weighted by atomic mass is 10.3. The monoisotopic (exact) mass is 389 g/mol. The molecule has 0 saturated carbocycles.